The number of rotatable bonds is 7. The second-order valence-corrected chi connectivity index (χ2v) is 6.94. The van der Waals surface area contributed by atoms with Gasteiger partial charge in [0, 0.05) is 18.9 Å². The van der Waals surface area contributed by atoms with Gasteiger partial charge in [-0.1, -0.05) is 25.7 Å². The molecule has 0 amide bonds. The summed E-state index contributed by atoms with van der Waals surface area (Å²) in [4.78, 5) is 3.92. The van der Waals surface area contributed by atoms with E-state index in [1.54, 1.807) is 0 Å². The lowest BCUT2D eigenvalue weighted by atomic mass is 10.0. The minimum absolute atomic E-state index is 0.0865. The zero-order chi connectivity index (χ0) is 14.4. The molecule has 0 spiro atoms. The van der Waals surface area contributed by atoms with Crippen molar-refractivity contribution in [1.29, 1.82) is 0 Å². The van der Waals surface area contributed by atoms with Crippen LogP contribution in [0.15, 0.2) is 23.4 Å². The molecule has 1 saturated carbocycles. The van der Waals surface area contributed by atoms with Crippen molar-refractivity contribution in [2.45, 2.75) is 43.4 Å². The molecule has 0 aliphatic heterocycles. The predicted molar refractivity (Wildman–Crippen MR) is 78.4 cm³/mol. The Morgan fingerprint density at radius 1 is 1.35 bits per heavy atom. The highest BCUT2D eigenvalue weighted by Gasteiger charge is 2.19. The summed E-state index contributed by atoms with van der Waals surface area (Å²) in [7, 11) is -3.55. The van der Waals surface area contributed by atoms with Crippen molar-refractivity contribution >= 4 is 15.7 Å². The van der Waals surface area contributed by atoms with Gasteiger partial charge in [0.05, 0.1) is 5.69 Å². The molecular formula is C13H22N4O2S. The second kappa shape index (κ2) is 7.01. The van der Waals surface area contributed by atoms with E-state index < -0.39 is 10.0 Å². The largest absolute Gasteiger partial charge is 0.323 e. The minimum atomic E-state index is -3.55. The van der Waals surface area contributed by atoms with Crippen molar-refractivity contribution in [2.75, 3.05) is 12.0 Å². The zero-order valence-electron chi connectivity index (χ0n) is 11.5. The van der Waals surface area contributed by atoms with Crippen LogP contribution in [0.1, 0.15) is 38.5 Å². The van der Waals surface area contributed by atoms with Gasteiger partial charge in [-0.2, -0.15) is 0 Å². The third-order valence-electron chi connectivity index (χ3n) is 3.79. The lowest BCUT2D eigenvalue weighted by Gasteiger charge is -2.11. The van der Waals surface area contributed by atoms with Crippen molar-refractivity contribution < 1.29 is 8.42 Å². The number of nitrogens with two attached hydrogens (primary N) is 1. The van der Waals surface area contributed by atoms with Crippen molar-refractivity contribution in [3.63, 3.8) is 0 Å². The van der Waals surface area contributed by atoms with Gasteiger partial charge >= 0.3 is 0 Å². The summed E-state index contributed by atoms with van der Waals surface area (Å²) in [5.41, 5.74) is 2.73. The summed E-state index contributed by atoms with van der Waals surface area (Å²) in [6.45, 7) is 0.456. The Labute approximate surface area is 120 Å². The Morgan fingerprint density at radius 3 is 2.80 bits per heavy atom. The molecule has 112 valence electrons. The van der Waals surface area contributed by atoms with Crippen LogP contribution < -0.4 is 16.0 Å². The molecule has 1 heterocycles. The highest BCUT2D eigenvalue weighted by Crippen LogP contribution is 2.28. The van der Waals surface area contributed by atoms with E-state index in [1.165, 1.54) is 44.1 Å². The first-order valence-electron chi connectivity index (χ1n) is 7.04. The Hall–Kier alpha value is -1.18. The standard InChI is InChI=1S/C13H22N4O2S/c14-17-12-7-9-15-10-13(12)20(18,19)16-8-3-6-11-4-1-2-5-11/h7,9-11,16H,1-6,8,14H2,(H,15,17). The maximum atomic E-state index is 12.2. The molecule has 0 aromatic carbocycles. The van der Waals surface area contributed by atoms with Crippen molar-refractivity contribution in [2.24, 2.45) is 11.8 Å². The van der Waals surface area contributed by atoms with E-state index in [1.807, 2.05) is 0 Å². The van der Waals surface area contributed by atoms with E-state index in [0.29, 0.717) is 12.2 Å². The smallest absolute Gasteiger partial charge is 0.244 e. The number of nitrogen functional groups attached to an aromatic ring is 1. The molecule has 6 nitrogen and oxygen atoms in total. The third kappa shape index (κ3) is 3.91. The van der Waals surface area contributed by atoms with Crippen LogP contribution >= 0.6 is 0 Å². The molecule has 1 aliphatic carbocycles. The average molecular weight is 298 g/mol. The van der Waals surface area contributed by atoms with E-state index in [4.69, 9.17) is 5.84 Å². The predicted octanol–water partition coefficient (Wildman–Crippen LogP) is 1.62. The fourth-order valence-electron chi connectivity index (χ4n) is 2.69. The number of sulfonamides is 1. The Bertz CT molecular complexity index is 527. The Morgan fingerprint density at radius 2 is 2.10 bits per heavy atom. The van der Waals surface area contributed by atoms with Gasteiger partial charge in [0.2, 0.25) is 10.0 Å². The van der Waals surface area contributed by atoms with E-state index in [2.05, 4.69) is 15.1 Å². The van der Waals surface area contributed by atoms with Gasteiger partial charge in [0.15, 0.2) is 0 Å². The number of hydrogen-bond donors (Lipinski definition) is 3. The number of hydrazine groups is 1. The molecule has 0 saturated heterocycles. The third-order valence-corrected chi connectivity index (χ3v) is 5.27. The molecule has 1 aromatic rings. The van der Waals surface area contributed by atoms with Crippen LogP contribution in [0, 0.1) is 5.92 Å². The maximum absolute atomic E-state index is 12.2. The number of nitrogens with one attached hydrogen (secondary N) is 2. The Kier molecular flexibility index (Phi) is 5.33. The molecule has 0 atom stereocenters. The first-order chi connectivity index (χ1) is 9.63. The normalized spacial score (nSPS) is 16.4. The lowest BCUT2D eigenvalue weighted by Crippen LogP contribution is -2.26. The highest BCUT2D eigenvalue weighted by molar-refractivity contribution is 7.89. The van der Waals surface area contributed by atoms with Crippen molar-refractivity contribution in [1.82, 2.24) is 9.71 Å². The van der Waals surface area contributed by atoms with Gasteiger partial charge in [-0.25, -0.2) is 13.1 Å². The molecule has 0 unspecified atom stereocenters. The summed E-state index contributed by atoms with van der Waals surface area (Å²) < 4.78 is 26.9. The van der Waals surface area contributed by atoms with Gasteiger partial charge in [0.25, 0.3) is 0 Å². The average Bonchev–Trinajstić information content (AvgIpc) is 2.97. The summed E-state index contributed by atoms with van der Waals surface area (Å²) >= 11 is 0. The van der Waals surface area contributed by atoms with Crippen LogP contribution in [-0.4, -0.2) is 19.9 Å². The molecule has 0 radical (unpaired) electrons. The minimum Gasteiger partial charge on any atom is -0.323 e. The molecule has 0 bridgehead atoms. The number of nitrogens with zero attached hydrogens (tertiary/aromatic N) is 1. The van der Waals surface area contributed by atoms with Crippen LogP contribution in [-0.2, 0) is 10.0 Å². The highest BCUT2D eigenvalue weighted by atomic mass is 32.2. The van der Waals surface area contributed by atoms with Crippen LogP contribution in [0.5, 0.6) is 0 Å². The molecule has 20 heavy (non-hydrogen) atoms. The zero-order valence-corrected chi connectivity index (χ0v) is 12.3. The quantitative estimate of drug-likeness (QED) is 0.404. The van der Waals surface area contributed by atoms with Crippen LogP contribution in [0.25, 0.3) is 0 Å². The van der Waals surface area contributed by atoms with Crippen molar-refractivity contribution in [3.05, 3.63) is 18.5 Å². The fraction of sp³-hybridized carbons (Fsp3) is 0.615. The molecule has 2 rings (SSSR count). The number of hydrogen-bond acceptors (Lipinski definition) is 5. The van der Waals surface area contributed by atoms with E-state index >= 15 is 0 Å². The van der Waals surface area contributed by atoms with Crippen LogP contribution in [0.4, 0.5) is 5.69 Å². The van der Waals surface area contributed by atoms with Gasteiger partial charge in [0.1, 0.15) is 4.90 Å². The first-order valence-corrected chi connectivity index (χ1v) is 8.52. The monoisotopic (exact) mass is 298 g/mol. The van der Waals surface area contributed by atoms with Crippen molar-refractivity contribution in [3.8, 4) is 0 Å². The van der Waals surface area contributed by atoms with Crippen LogP contribution in [0.3, 0.4) is 0 Å². The van der Waals surface area contributed by atoms with Gasteiger partial charge in [-0.15, -0.1) is 0 Å². The Balaban J connectivity index is 1.87. The second-order valence-electron chi connectivity index (χ2n) is 5.21. The summed E-state index contributed by atoms with van der Waals surface area (Å²) in [6.07, 6.45) is 9.97. The topological polar surface area (TPSA) is 97.1 Å². The molecule has 1 aliphatic rings. The van der Waals surface area contributed by atoms with Gasteiger partial charge in [-0.05, 0) is 24.8 Å². The summed E-state index contributed by atoms with van der Waals surface area (Å²) in [5, 5.41) is 0. The van der Waals surface area contributed by atoms with E-state index in [9.17, 15) is 8.42 Å². The van der Waals surface area contributed by atoms with E-state index in [0.717, 1.165) is 18.8 Å². The number of aromatic nitrogens is 1. The summed E-state index contributed by atoms with van der Waals surface area (Å²) in [6, 6.07) is 1.53. The number of pyridine rings is 1. The molecule has 1 fully saturated rings. The lowest BCUT2D eigenvalue weighted by molar-refractivity contribution is 0.480. The van der Waals surface area contributed by atoms with Gasteiger partial charge < -0.3 is 5.43 Å². The van der Waals surface area contributed by atoms with Gasteiger partial charge in [-0.3, -0.25) is 10.8 Å². The maximum Gasteiger partial charge on any atom is 0.244 e. The fourth-order valence-corrected chi connectivity index (χ4v) is 3.87. The molecule has 7 heteroatoms. The molecular weight excluding hydrogens is 276 g/mol. The first kappa shape index (κ1) is 15.2. The van der Waals surface area contributed by atoms with E-state index in [-0.39, 0.29) is 4.90 Å². The number of anilines is 1. The molecule has 1 aromatic heterocycles. The molecule has 4 N–H and O–H groups in total. The summed E-state index contributed by atoms with van der Waals surface area (Å²) in [5.74, 6) is 6.09. The SMILES string of the molecule is NNc1ccncc1S(=O)(=O)NCCCC1CCCC1. The van der Waals surface area contributed by atoms with Crippen LogP contribution in [0.2, 0.25) is 0 Å².